The number of aryl methyl sites for hydroxylation is 1. The molecule has 2 amide bonds. The Bertz CT molecular complexity index is 800. The maximum atomic E-state index is 12.7. The van der Waals surface area contributed by atoms with Gasteiger partial charge in [0.15, 0.2) is 0 Å². The van der Waals surface area contributed by atoms with Crippen LogP contribution >= 0.6 is 0 Å². The molecule has 0 heterocycles. The number of para-hydroxylation sites is 1. The highest BCUT2D eigenvalue weighted by molar-refractivity contribution is 6.04. The minimum absolute atomic E-state index is 0.278. The average molecular weight is 354 g/mol. The SMILES string of the molecule is COC(=O)[C@H](Cc1ccc(C)cc1)NC(=O)c1ccccc1NC(C)=O. The number of rotatable bonds is 6. The molecule has 0 saturated carbocycles. The van der Waals surface area contributed by atoms with Crippen molar-refractivity contribution >= 4 is 23.5 Å². The molecule has 0 spiro atoms. The first-order chi connectivity index (χ1) is 12.4. The standard InChI is InChI=1S/C20H22N2O4/c1-13-8-10-15(11-9-13)12-18(20(25)26-3)22-19(24)16-6-4-5-7-17(16)21-14(2)23/h4-11,18H,12H2,1-3H3,(H,21,23)(H,22,24)/t18-/m0/s1. The fraction of sp³-hybridized carbons (Fsp3) is 0.250. The summed E-state index contributed by atoms with van der Waals surface area (Å²) in [6, 6.07) is 13.5. The third-order valence-corrected chi connectivity index (χ3v) is 3.83. The summed E-state index contributed by atoms with van der Waals surface area (Å²) >= 11 is 0. The van der Waals surface area contributed by atoms with Crippen LogP contribution in [-0.2, 0) is 20.7 Å². The summed E-state index contributed by atoms with van der Waals surface area (Å²) in [4.78, 5) is 36.1. The minimum atomic E-state index is -0.833. The van der Waals surface area contributed by atoms with Gasteiger partial charge in [0.25, 0.3) is 5.91 Å². The van der Waals surface area contributed by atoms with Gasteiger partial charge in [-0.25, -0.2) is 4.79 Å². The van der Waals surface area contributed by atoms with Crippen LogP contribution in [0.3, 0.4) is 0 Å². The van der Waals surface area contributed by atoms with E-state index in [-0.39, 0.29) is 11.5 Å². The third kappa shape index (κ3) is 5.17. The van der Waals surface area contributed by atoms with Gasteiger partial charge in [0.05, 0.1) is 18.4 Å². The van der Waals surface area contributed by atoms with Crippen molar-refractivity contribution in [1.29, 1.82) is 0 Å². The van der Waals surface area contributed by atoms with Crippen molar-refractivity contribution < 1.29 is 19.1 Å². The molecule has 0 bridgehead atoms. The zero-order chi connectivity index (χ0) is 19.1. The lowest BCUT2D eigenvalue weighted by Crippen LogP contribution is -2.43. The lowest BCUT2D eigenvalue weighted by Gasteiger charge is -2.18. The second-order valence-electron chi connectivity index (χ2n) is 5.97. The molecular weight excluding hydrogens is 332 g/mol. The second kappa shape index (κ2) is 8.80. The highest BCUT2D eigenvalue weighted by atomic mass is 16.5. The quantitative estimate of drug-likeness (QED) is 0.781. The maximum Gasteiger partial charge on any atom is 0.328 e. The molecule has 0 radical (unpaired) electrons. The van der Waals surface area contributed by atoms with Gasteiger partial charge in [0, 0.05) is 13.3 Å². The Labute approximate surface area is 152 Å². The molecule has 2 aromatic carbocycles. The number of methoxy groups -OCH3 is 1. The fourth-order valence-corrected chi connectivity index (χ4v) is 2.51. The number of esters is 1. The molecule has 26 heavy (non-hydrogen) atoms. The molecule has 0 saturated heterocycles. The van der Waals surface area contributed by atoms with Gasteiger partial charge in [-0.1, -0.05) is 42.0 Å². The van der Waals surface area contributed by atoms with E-state index in [1.165, 1.54) is 14.0 Å². The van der Waals surface area contributed by atoms with Crippen LogP contribution in [0.2, 0.25) is 0 Å². The van der Waals surface area contributed by atoms with Gasteiger partial charge < -0.3 is 15.4 Å². The predicted molar refractivity (Wildman–Crippen MR) is 98.9 cm³/mol. The van der Waals surface area contributed by atoms with Gasteiger partial charge in [-0.05, 0) is 24.6 Å². The molecule has 6 heteroatoms. The number of carbonyl (C=O) groups is 3. The molecule has 0 unspecified atom stereocenters. The monoisotopic (exact) mass is 354 g/mol. The van der Waals surface area contributed by atoms with E-state index in [9.17, 15) is 14.4 Å². The van der Waals surface area contributed by atoms with E-state index < -0.39 is 17.9 Å². The molecule has 6 nitrogen and oxygen atoms in total. The van der Waals surface area contributed by atoms with Crippen LogP contribution in [0.4, 0.5) is 5.69 Å². The zero-order valence-corrected chi connectivity index (χ0v) is 15.0. The van der Waals surface area contributed by atoms with Gasteiger partial charge in [0.1, 0.15) is 6.04 Å². The second-order valence-corrected chi connectivity index (χ2v) is 5.97. The zero-order valence-electron chi connectivity index (χ0n) is 15.0. The first-order valence-corrected chi connectivity index (χ1v) is 8.21. The van der Waals surface area contributed by atoms with Crippen LogP contribution in [-0.4, -0.2) is 30.9 Å². The van der Waals surface area contributed by atoms with Gasteiger partial charge in [-0.2, -0.15) is 0 Å². The van der Waals surface area contributed by atoms with Crippen LogP contribution < -0.4 is 10.6 Å². The third-order valence-electron chi connectivity index (χ3n) is 3.83. The van der Waals surface area contributed by atoms with E-state index in [0.29, 0.717) is 12.1 Å². The summed E-state index contributed by atoms with van der Waals surface area (Å²) in [5.41, 5.74) is 2.68. The van der Waals surface area contributed by atoms with Crippen molar-refractivity contribution in [2.45, 2.75) is 26.3 Å². The Morgan fingerprint density at radius 1 is 1.04 bits per heavy atom. The first-order valence-electron chi connectivity index (χ1n) is 8.21. The summed E-state index contributed by atoms with van der Waals surface area (Å²) in [6.07, 6.45) is 0.307. The molecule has 136 valence electrons. The number of ether oxygens (including phenoxy) is 1. The van der Waals surface area contributed by atoms with Gasteiger partial charge in [-0.15, -0.1) is 0 Å². The largest absolute Gasteiger partial charge is 0.467 e. The summed E-state index contributed by atoms with van der Waals surface area (Å²) in [6.45, 7) is 3.34. The average Bonchev–Trinajstić information content (AvgIpc) is 2.62. The molecule has 2 rings (SSSR count). The molecule has 0 aliphatic rings. The van der Waals surface area contributed by atoms with Gasteiger partial charge in [-0.3, -0.25) is 9.59 Å². The summed E-state index contributed by atoms with van der Waals surface area (Å²) < 4.78 is 4.82. The topological polar surface area (TPSA) is 84.5 Å². The minimum Gasteiger partial charge on any atom is -0.467 e. The summed E-state index contributed by atoms with van der Waals surface area (Å²) in [7, 11) is 1.28. The van der Waals surface area contributed by atoms with Gasteiger partial charge in [0.2, 0.25) is 5.91 Å². The molecule has 2 aromatic rings. The van der Waals surface area contributed by atoms with Crippen molar-refractivity contribution in [3.05, 3.63) is 65.2 Å². The normalized spacial score (nSPS) is 11.3. The Hall–Kier alpha value is -3.15. The first kappa shape index (κ1) is 19.2. The van der Waals surface area contributed by atoms with Crippen LogP contribution in [0.25, 0.3) is 0 Å². The Balaban J connectivity index is 2.20. The van der Waals surface area contributed by atoms with Crippen LogP contribution in [0.1, 0.15) is 28.4 Å². The molecule has 1 atom stereocenters. The maximum absolute atomic E-state index is 12.7. The lowest BCUT2D eigenvalue weighted by atomic mass is 10.0. The van der Waals surface area contributed by atoms with E-state index in [2.05, 4.69) is 10.6 Å². The van der Waals surface area contributed by atoms with E-state index in [1.807, 2.05) is 31.2 Å². The molecule has 0 aliphatic heterocycles. The van der Waals surface area contributed by atoms with Crippen molar-refractivity contribution in [1.82, 2.24) is 5.32 Å². The van der Waals surface area contributed by atoms with E-state index in [4.69, 9.17) is 4.74 Å². The Morgan fingerprint density at radius 3 is 2.31 bits per heavy atom. The number of hydrogen-bond donors (Lipinski definition) is 2. The highest BCUT2D eigenvalue weighted by Crippen LogP contribution is 2.16. The van der Waals surface area contributed by atoms with E-state index in [0.717, 1.165) is 11.1 Å². The van der Waals surface area contributed by atoms with Crippen molar-refractivity contribution in [3.63, 3.8) is 0 Å². The molecule has 0 aromatic heterocycles. The number of nitrogens with one attached hydrogen (secondary N) is 2. The molecule has 0 fully saturated rings. The summed E-state index contributed by atoms with van der Waals surface area (Å²) in [5.74, 6) is -1.28. The number of carbonyl (C=O) groups excluding carboxylic acids is 3. The Kier molecular flexibility index (Phi) is 6.49. The van der Waals surface area contributed by atoms with E-state index in [1.54, 1.807) is 24.3 Å². The fourth-order valence-electron chi connectivity index (χ4n) is 2.51. The van der Waals surface area contributed by atoms with Crippen molar-refractivity contribution in [2.75, 3.05) is 12.4 Å². The van der Waals surface area contributed by atoms with Crippen molar-refractivity contribution in [2.24, 2.45) is 0 Å². The van der Waals surface area contributed by atoms with Crippen LogP contribution in [0, 0.1) is 6.92 Å². The smallest absolute Gasteiger partial charge is 0.328 e. The number of amides is 2. The Morgan fingerprint density at radius 2 is 1.69 bits per heavy atom. The highest BCUT2D eigenvalue weighted by Gasteiger charge is 2.23. The lowest BCUT2D eigenvalue weighted by molar-refractivity contribution is -0.142. The molecular formula is C20H22N2O4. The van der Waals surface area contributed by atoms with Gasteiger partial charge >= 0.3 is 5.97 Å². The molecule has 0 aliphatic carbocycles. The van der Waals surface area contributed by atoms with Crippen LogP contribution in [0.15, 0.2) is 48.5 Å². The van der Waals surface area contributed by atoms with Crippen molar-refractivity contribution in [3.8, 4) is 0 Å². The van der Waals surface area contributed by atoms with E-state index >= 15 is 0 Å². The number of benzene rings is 2. The number of anilines is 1. The summed E-state index contributed by atoms with van der Waals surface area (Å²) in [5, 5.41) is 5.31. The molecule has 2 N–H and O–H groups in total. The van der Waals surface area contributed by atoms with Crippen LogP contribution in [0.5, 0.6) is 0 Å². The number of hydrogen-bond acceptors (Lipinski definition) is 4. The predicted octanol–water partition coefficient (Wildman–Crippen LogP) is 2.47.